The number of hydrogen-bond acceptors (Lipinski definition) is 3. The van der Waals surface area contributed by atoms with Crippen LogP contribution in [0.3, 0.4) is 0 Å². The summed E-state index contributed by atoms with van der Waals surface area (Å²) in [5, 5.41) is 2.58. The summed E-state index contributed by atoms with van der Waals surface area (Å²) in [5.41, 5.74) is 0.791. The first-order valence-electron chi connectivity index (χ1n) is 7.89. The minimum Gasteiger partial charge on any atom is -0.322 e. The van der Waals surface area contributed by atoms with Crippen molar-refractivity contribution in [2.24, 2.45) is 0 Å². The van der Waals surface area contributed by atoms with Crippen molar-refractivity contribution in [2.45, 2.75) is 4.90 Å². The number of carbonyl (C=O) groups is 1. The van der Waals surface area contributed by atoms with E-state index in [2.05, 4.69) is 10.0 Å². The van der Waals surface area contributed by atoms with Gasteiger partial charge in [0.2, 0.25) is 0 Å². The topological polar surface area (TPSA) is 75.3 Å². The molecule has 1 amide bonds. The molecule has 0 aliphatic heterocycles. The number of benzene rings is 3. The molecule has 0 atom stereocenters. The highest BCUT2D eigenvalue weighted by atomic mass is 32.2. The molecule has 0 heterocycles. The molecule has 0 spiro atoms. The van der Waals surface area contributed by atoms with Gasteiger partial charge in [0.1, 0.15) is 5.82 Å². The first-order chi connectivity index (χ1) is 13.2. The molecular formula is C19H13F3N2O3S. The van der Waals surface area contributed by atoms with Gasteiger partial charge < -0.3 is 5.32 Å². The molecule has 3 aromatic rings. The molecule has 144 valence electrons. The molecule has 0 bridgehead atoms. The Morgan fingerprint density at radius 3 is 1.96 bits per heavy atom. The first-order valence-corrected chi connectivity index (χ1v) is 9.38. The van der Waals surface area contributed by atoms with Gasteiger partial charge in [-0.25, -0.2) is 21.6 Å². The molecule has 0 aliphatic carbocycles. The van der Waals surface area contributed by atoms with E-state index in [0.29, 0.717) is 11.8 Å². The van der Waals surface area contributed by atoms with Gasteiger partial charge in [-0.2, -0.15) is 0 Å². The van der Waals surface area contributed by atoms with Crippen LogP contribution in [0, 0.1) is 17.5 Å². The van der Waals surface area contributed by atoms with Crippen molar-refractivity contribution < 1.29 is 26.4 Å². The number of halogens is 3. The molecule has 9 heteroatoms. The second-order valence-electron chi connectivity index (χ2n) is 5.72. The molecular weight excluding hydrogens is 393 g/mol. The van der Waals surface area contributed by atoms with Crippen molar-refractivity contribution in [3.63, 3.8) is 0 Å². The fourth-order valence-electron chi connectivity index (χ4n) is 2.28. The van der Waals surface area contributed by atoms with Crippen LogP contribution in [0.25, 0.3) is 0 Å². The lowest BCUT2D eigenvalue weighted by Gasteiger charge is -2.10. The zero-order chi connectivity index (χ0) is 20.3. The van der Waals surface area contributed by atoms with E-state index in [1.165, 1.54) is 36.4 Å². The molecule has 3 rings (SSSR count). The lowest BCUT2D eigenvalue weighted by Crippen LogP contribution is -2.14. The van der Waals surface area contributed by atoms with Crippen LogP contribution >= 0.6 is 0 Å². The standard InChI is InChI=1S/C19H13F3N2O3S/c20-13-3-1-12(2-4-13)19(25)23-14-5-7-15(8-6-14)24-28(26,27)16-9-10-17(21)18(22)11-16/h1-11,24H,(H,23,25). The van der Waals surface area contributed by atoms with Crippen LogP contribution in [0.15, 0.2) is 71.6 Å². The van der Waals surface area contributed by atoms with Gasteiger partial charge in [0.25, 0.3) is 15.9 Å². The van der Waals surface area contributed by atoms with E-state index >= 15 is 0 Å². The van der Waals surface area contributed by atoms with E-state index in [9.17, 15) is 26.4 Å². The van der Waals surface area contributed by atoms with Crippen molar-refractivity contribution in [1.29, 1.82) is 0 Å². The monoisotopic (exact) mass is 406 g/mol. The number of nitrogens with one attached hydrogen (secondary N) is 2. The summed E-state index contributed by atoms with van der Waals surface area (Å²) < 4.78 is 65.8. The fourth-order valence-corrected chi connectivity index (χ4v) is 3.35. The third kappa shape index (κ3) is 4.49. The van der Waals surface area contributed by atoms with Crippen LogP contribution < -0.4 is 10.0 Å². The van der Waals surface area contributed by atoms with Gasteiger partial charge in [0.15, 0.2) is 11.6 Å². The van der Waals surface area contributed by atoms with Gasteiger partial charge >= 0.3 is 0 Å². The minimum atomic E-state index is -4.12. The largest absolute Gasteiger partial charge is 0.322 e. The van der Waals surface area contributed by atoms with Crippen molar-refractivity contribution >= 4 is 27.3 Å². The predicted octanol–water partition coefficient (Wildman–Crippen LogP) is 4.16. The summed E-state index contributed by atoms with van der Waals surface area (Å²) in [5.74, 6) is -3.36. The summed E-state index contributed by atoms with van der Waals surface area (Å²) in [7, 11) is -4.12. The SMILES string of the molecule is O=C(Nc1ccc(NS(=O)(=O)c2ccc(F)c(F)c2)cc1)c1ccc(F)cc1. The zero-order valence-corrected chi connectivity index (χ0v) is 14.9. The average Bonchev–Trinajstić information content (AvgIpc) is 2.65. The Labute approximate surface area is 158 Å². The summed E-state index contributed by atoms with van der Waals surface area (Å²) in [6.45, 7) is 0. The van der Waals surface area contributed by atoms with Crippen molar-refractivity contribution in [2.75, 3.05) is 10.0 Å². The van der Waals surface area contributed by atoms with Gasteiger partial charge in [0, 0.05) is 16.9 Å². The van der Waals surface area contributed by atoms with Crippen LogP contribution in [-0.4, -0.2) is 14.3 Å². The third-order valence-electron chi connectivity index (χ3n) is 3.70. The molecule has 0 fully saturated rings. The van der Waals surface area contributed by atoms with Gasteiger partial charge in [0.05, 0.1) is 4.90 Å². The van der Waals surface area contributed by atoms with Gasteiger partial charge in [-0.1, -0.05) is 0 Å². The van der Waals surface area contributed by atoms with Crippen LogP contribution in [0.1, 0.15) is 10.4 Å². The van der Waals surface area contributed by atoms with Crippen LogP contribution in [-0.2, 0) is 10.0 Å². The van der Waals surface area contributed by atoms with Crippen molar-refractivity contribution in [3.8, 4) is 0 Å². The number of hydrogen-bond donors (Lipinski definition) is 2. The van der Waals surface area contributed by atoms with Gasteiger partial charge in [-0.3, -0.25) is 9.52 Å². The number of amides is 1. The van der Waals surface area contributed by atoms with Gasteiger partial charge in [-0.15, -0.1) is 0 Å². The zero-order valence-electron chi connectivity index (χ0n) is 14.1. The summed E-state index contributed by atoms with van der Waals surface area (Å²) in [6.07, 6.45) is 0. The molecule has 5 nitrogen and oxygen atoms in total. The highest BCUT2D eigenvalue weighted by Crippen LogP contribution is 2.20. The average molecular weight is 406 g/mol. The second-order valence-corrected chi connectivity index (χ2v) is 7.40. The summed E-state index contributed by atoms with van der Waals surface area (Å²) in [6, 6.07) is 12.9. The van der Waals surface area contributed by atoms with E-state index in [0.717, 1.165) is 24.3 Å². The molecule has 0 unspecified atom stereocenters. The number of carbonyl (C=O) groups excluding carboxylic acids is 1. The number of sulfonamides is 1. The minimum absolute atomic E-state index is 0.157. The van der Waals surface area contributed by atoms with Crippen molar-refractivity contribution in [3.05, 3.63) is 89.7 Å². The Morgan fingerprint density at radius 1 is 0.750 bits per heavy atom. The lowest BCUT2D eigenvalue weighted by atomic mass is 10.2. The van der Waals surface area contributed by atoms with E-state index in [1.807, 2.05) is 0 Å². The number of rotatable bonds is 5. The van der Waals surface area contributed by atoms with E-state index in [-0.39, 0.29) is 11.3 Å². The Morgan fingerprint density at radius 2 is 1.36 bits per heavy atom. The van der Waals surface area contributed by atoms with Crippen LogP contribution in [0.5, 0.6) is 0 Å². The first kappa shape index (κ1) is 19.4. The predicted molar refractivity (Wildman–Crippen MR) is 98.0 cm³/mol. The lowest BCUT2D eigenvalue weighted by molar-refractivity contribution is 0.102. The number of anilines is 2. The highest BCUT2D eigenvalue weighted by molar-refractivity contribution is 7.92. The maximum Gasteiger partial charge on any atom is 0.261 e. The quantitative estimate of drug-likeness (QED) is 0.668. The highest BCUT2D eigenvalue weighted by Gasteiger charge is 2.17. The van der Waals surface area contributed by atoms with Crippen molar-refractivity contribution in [1.82, 2.24) is 0 Å². The molecule has 0 saturated heterocycles. The summed E-state index contributed by atoms with van der Waals surface area (Å²) in [4.78, 5) is 11.6. The Kier molecular flexibility index (Phi) is 5.36. The van der Waals surface area contributed by atoms with Crippen LogP contribution in [0.2, 0.25) is 0 Å². The van der Waals surface area contributed by atoms with Crippen LogP contribution in [0.4, 0.5) is 24.5 Å². The third-order valence-corrected chi connectivity index (χ3v) is 5.08. The second kappa shape index (κ2) is 7.73. The van der Waals surface area contributed by atoms with Gasteiger partial charge in [-0.05, 0) is 66.7 Å². The Bertz CT molecular complexity index is 1120. The maximum atomic E-state index is 13.3. The van der Waals surface area contributed by atoms with E-state index in [1.54, 1.807) is 0 Å². The Hall–Kier alpha value is -3.33. The molecule has 0 saturated carbocycles. The maximum absolute atomic E-state index is 13.3. The normalized spacial score (nSPS) is 11.1. The van der Waals surface area contributed by atoms with E-state index < -0.39 is 38.3 Å². The smallest absolute Gasteiger partial charge is 0.261 e. The molecule has 0 radical (unpaired) electrons. The fraction of sp³-hybridized carbons (Fsp3) is 0. The molecule has 28 heavy (non-hydrogen) atoms. The Balaban J connectivity index is 1.70. The molecule has 3 aromatic carbocycles. The van der Waals surface area contributed by atoms with E-state index in [4.69, 9.17) is 0 Å². The molecule has 2 N–H and O–H groups in total. The molecule has 0 aliphatic rings. The summed E-state index contributed by atoms with van der Waals surface area (Å²) >= 11 is 0. The molecule has 0 aromatic heterocycles.